The minimum atomic E-state index is -0.618. The van der Waals surface area contributed by atoms with Gasteiger partial charge in [0.1, 0.15) is 0 Å². The Hall–Kier alpha value is -1.63. The second kappa shape index (κ2) is 7.84. The molecule has 1 saturated heterocycles. The summed E-state index contributed by atoms with van der Waals surface area (Å²) in [6.07, 6.45) is 0. The van der Waals surface area contributed by atoms with Crippen LogP contribution in [-0.4, -0.2) is 85.3 Å². The molecule has 0 radical (unpaired) electrons. The Morgan fingerprint density at radius 3 is 2.15 bits per heavy atom. The molecule has 0 atom stereocenters. The molecule has 0 aromatic carbocycles. The second-order valence-corrected chi connectivity index (χ2v) is 4.77. The van der Waals surface area contributed by atoms with E-state index in [1.807, 2.05) is 13.8 Å². The predicted molar refractivity (Wildman–Crippen MR) is 75.0 cm³/mol. The second-order valence-electron chi connectivity index (χ2n) is 4.77. The SMILES string of the molecule is CCN(CC)C(=O)CN(C)C(=O)C(=O)N1CCNCC1. The Morgan fingerprint density at radius 1 is 1.10 bits per heavy atom. The van der Waals surface area contributed by atoms with Gasteiger partial charge in [-0.25, -0.2) is 0 Å². The third kappa shape index (κ3) is 4.19. The van der Waals surface area contributed by atoms with Crippen LogP contribution in [0.2, 0.25) is 0 Å². The molecule has 0 spiro atoms. The number of hydrogen-bond donors (Lipinski definition) is 1. The van der Waals surface area contributed by atoms with Crippen molar-refractivity contribution in [2.75, 3.05) is 52.9 Å². The van der Waals surface area contributed by atoms with E-state index in [1.54, 1.807) is 4.90 Å². The van der Waals surface area contributed by atoms with E-state index in [-0.39, 0.29) is 12.5 Å². The van der Waals surface area contributed by atoms with Crippen LogP contribution in [0.1, 0.15) is 13.8 Å². The zero-order valence-corrected chi connectivity index (χ0v) is 12.5. The van der Waals surface area contributed by atoms with Crippen LogP contribution in [0, 0.1) is 0 Å². The van der Waals surface area contributed by atoms with Crippen molar-refractivity contribution < 1.29 is 14.4 Å². The van der Waals surface area contributed by atoms with E-state index in [2.05, 4.69) is 5.32 Å². The third-order valence-electron chi connectivity index (χ3n) is 3.42. The molecule has 1 aliphatic heterocycles. The zero-order chi connectivity index (χ0) is 15.1. The first-order chi connectivity index (χ1) is 9.51. The first kappa shape index (κ1) is 16.4. The standard InChI is InChI=1S/C13H24N4O3/c1-4-16(5-2)11(18)10-15(3)12(19)13(20)17-8-6-14-7-9-17/h14H,4-10H2,1-3H3. The maximum absolute atomic E-state index is 12.0. The molecule has 0 saturated carbocycles. The molecule has 1 heterocycles. The Bertz CT molecular complexity index is 363. The summed E-state index contributed by atoms with van der Waals surface area (Å²) < 4.78 is 0. The number of hydrogen-bond acceptors (Lipinski definition) is 4. The summed E-state index contributed by atoms with van der Waals surface area (Å²) in [5.74, 6) is -1.28. The smallest absolute Gasteiger partial charge is 0.312 e. The fourth-order valence-corrected chi connectivity index (χ4v) is 2.12. The van der Waals surface area contributed by atoms with Crippen molar-refractivity contribution in [3.8, 4) is 0 Å². The highest BCUT2D eigenvalue weighted by Gasteiger charge is 2.27. The van der Waals surface area contributed by atoms with E-state index in [0.717, 1.165) is 0 Å². The summed E-state index contributed by atoms with van der Waals surface area (Å²) in [6, 6.07) is 0. The van der Waals surface area contributed by atoms with E-state index in [4.69, 9.17) is 0 Å². The molecule has 1 N–H and O–H groups in total. The number of carbonyl (C=O) groups is 3. The molecular weight excluding hydrogens is 260 g/mol. The van der Waals surface area contributed by atoms with Gasteiger partial charge in [-0.05, 0) is 13.8 Å². The number of nitrogens with one attached hydrogen (secondary N) is 1. The van der Waals surface area contributed by atoms with Crippen LogP contribution >= 0.6 is 0 Å². The number of rotatable bonds is 4. The van der Waals surface area contributed by atoms with Gasteiger partial charge in [-0.1, -0.05) is 0 Å². The van der Waals surface area contributed by atoms with Gasteiger partial charge in [0.05, 0.1) is 6.54 Å². The molecule has 1 aliphatic rings. The summed E-state index contributed by atoms with van der Waals surface area (Å²) in [6.45, 7) is 7.36. The molecule has 0 unspecified atom stereocenters. The number of amides is 3. The Balaban J connectivity index is 2.53. The molecule has 114 valence electrons. The van der Waals surface area contributed by atoms with Gasteiger partial charge in [0, 0.05) is 46.3 Å². The minimum absolute atomic E-state index is 0.0572. The molecule has 0 aromatic rings. The summed E-state index contributed by atoms with van der Waals surface area (Å²) >= 11 is 0. The fraction of sp³-hybridized carbons (Fsp3) is 0.769. The van der Waals surface area contributed by atoms with Crippen LogP contribution in [0.5, 0.6) is 0 Å². The van der Waals surface area contributed by atoms with Gasteiger partial charge < -0.3 is 20.0 Å². The summed E-state index contributed by atoms with van der Waals surface area (Å²) in [7, 11) is 1.49. The highest BCUT2D eigenvalue weighted by molar-refractivity contribution is 6.35. The number of likely N-dealkylation sites (N-methyl/N-ethyl adjacent to an activating group) is 2. The maximum Gasteiger partial charge on any atom is 0.312 e. The molecule has 20 heavy (non-hydrogen) atoms. The quantitative estimate of drug-likeness (QED) is 0.654. The van der Waals surface area contributed by atoms with Crippen LogP contribution in [0.3, 0.4) is 0 Å². The zero-order valence-electron chi connectivity index (χ0n) is 12.5. The largest absolute Gasteiger partial charge is 0.342 e. The lowest BCUT2D eigenvalue weighted by Gasteiger charge is -2.29. The summed E-state index contributed by atoms with van der Waals surface area (Å²) in [5.41, 5.74) is 0. The van der Waals surface area contributed by atoms with Gasteiger partial charge >= 0.3 is 11.8 Å². The fourth-order valence-electron chi connectivity index (χ4n) is 2.12. The molecule has 3 amide bonds. The normalized spacial score (nSPS) is 14.8. The highest BCUT2D eigenvalue weighted by atomic mass is 16.2. The average Bonchev–Trinajstić information content (AvgIpc) is 2.47. The van der Waals surface area contributed by atoms with Gasteiger partial charge in [-0.15, -0.1) is 0 Å². The van der Waals surface area contributed by atoms with Crippen LogP contribution in [-0.2, 0) is 14.4 Å². The van der Waals surface area contributed by atoms with Gasteiger partial charge in [0.25, 0.3) is 0 Å². The van der Waals surface area contributed by atoms with Gasteiger partial charge in [0.2, 0.25) is 5.91 Å². The van der Waals surface area contributed by atoms with E-state index in [9.17, 15) is 14.4 Å². The Morgan fingerprint density at radius 2 is 1.65 bits per heavy atom. The van der Waals surface area contributed by atoms with E-state index in [0.29, 0.717) is 39.3 Å². The third-order valence-corrected chi connectivity index (χ3v) is 3.42. The Kier molecular flexibility index (Phi) is 6.44. The van der Waals surface area contributed by atoms with Crippen molar-refractivity contribution in [3.05, 3.63) is 0 Å². The summed E-state index contributed by atoms with van der Waals surface area (Å²) in [4.78, 5) is 40.3. The molecule has 0 aromatic heterocycles. The van der Waals surface area contributed by atoms with Crippen molar-refractivity contribution in [1.29, 1.82) is 0 Å². The monoisotopic (exact) mass is 284 g/mol. The van der Waals surface area contributed by atoms with Gasteiger partial charge in [-0.3, -0.25) is 14.4 Å². The van der Waals surface area contributed by atoms with Crippen molar-refractivity contribution in [1.82, 2.24) is 20.0 Å². The van der Waals surface area contributed by atoms with E-state index >= 15 is 0 Å². The molecule has 7 heteroatoms. The Labute approximate surface area is 119 Å². The van der Waals surface area contributed by atoms with Crippen LogP contribution in [0.25, 0.3) is 0 Å². The highest BCUT2D eigenvalue weighted by Crippen LogP contribution is 1.99. The number of piperazine rings is 1. The molecule has 1 fully saturated rings. The summed E-state index contributed by atoms with van der Waals surface area (Å²) in [5, 5.41) is 3.12. The number of carbonyl (C=O) groups excluding carboxylic acids is 3. The van der Waals surface area contributed by atoms with Crippen molar-refractivity contribution in [2.45, 2.75) is 13.8 Å². The van der Waals surface area contributed by atoms with Crippen LogP contribution in [0.15, 0.2) is 0 Å². The molecule has 0 aliphatic carbocycles. The van der Waals surface area contributed by atoms with Crippen LogP contribution < -0.4 is 5.32 Å². The topological polar surface area (TPSA) is 73.0 Å². The van der Waals surface area contributed by atoms with E-state index in [1.165, 1.54) is 16.8 Å². The lowest BCUT2D eigenvalue weighted by Crippen LogP contribution is -2.52. The van der Waals surface area contributed by atoms with Crippen LogP contribution in [0.4, 0.5) is 0 Å². The lowest BCUT2D eigenvalue weighted by molar-refractivity contribution is -0.152. The molecule has 7 nitrogen and oxygen atoms in total. The number of nitrogens with zero attached hydrogens (tertiary/aromatic N) is 3. The lowest BCUT2D eigenvalue weighted by atomic mass is 10.3. The molecular formula is C13H24N4O3. The van der Waals surface area contributed by atoms with Crippen molar-refractivity contribution >= 4 is 17.7 Å². The first-order valence-electron chi connectivity index (χ1n) is 7.04. The minimum Gasteiger partial charge on any atom is -0.342 e. The average molecular weight is 284 g/mol. The van der Waals surface area contributed by atoms with Crippen molar-refractivity contribution in [2.24, 2.45) is 0 Å². The van der Waals surface area contributed by atoms with Gasteiger partial charge in [-0.2, -0.15) is 0 Å². The first-order valence-corrected chi connectivity index (χ1v) is 7.04. The molecule has 0 bridgehead atoms. The van der Waals surface area contributed by atoms with Crippen molar-refractivity contribution in [3.63, 3.8) is 0 Å². The predicted octanol–water partition coefficient (Wildman–Crippen LogP) is -1.25. The van der Waals surface area contributed by atoms with E-state index < -0.39 is 11.8 Å². The van der Waals surface area contributed by atoms with Gasteiger partial charge in [0.15, 0.2) is 0 Å². The maximum atomic E-state index is 12.0. The molecule has 1 rings (SSSR count).